The number of aliphatic hydroxyl groups is 1. The molecule has 0 aliphatic heterocycles. The van der Waals surface area contributed by atoms with Gasteiger partial charge >= 0.3 is 0 Å². The van der Waals surface area contributed by atoms with Gasteiger partial charge in [-0.2, -0.15) is 0 Å². The van der Waals surface area contributed by atoms with Crippen LogP contribution in [-0.2, 0) is 15.4 Å². The van der Waals surface area contributed by atoms with Crippen molar-refractivity contribution in [3.8, 4) is 0 Å². The van der Waals surface area contributed by atoms with Crippen LogP contribution in [0.4, 0.5) is 0 Å². The van der Waals surface area contributed by atoms with E-state index in [9.17, 15) is 13.5 Å². The highest BCUT2D eigenvalue weighted by atomic mass is 32.2. The predicted octanol–water partition coefficient (Wildman–Crippen LogP) is 1.79. The van der Waals surface area contributed by atoms with Crippen molar-refractivity contribution in [2.24, 2.45) is 0 Å². The largest absolute Gasteiger partial charge is 0.385 e. The maximum atomic E-state index is 11.6. The van der Waals surface area contributed by atoms with Crippen molar-refractivity contribution in [3.63, 3.8) is 0 Å². The molecule has 0 atom stereocenters. The van der Waals surface area contributed by atoms with Crippen LogP contribution in [0.1, 0.15) is 18.4 Å². The lowest BCUT2D eigenvalue weighted by molar-refractivity contribution is 0.151. The van der Waals surface area contributed by atoms with E-state index in [0.29, 0.717) is 10.5 Å². The van der Waals surface area contributed by atoms with Crippen molar-refractivity contribution in [3.05, 3.63) is 23.8 Å². The Hall–Kier alpha value is -0.520. The van der Waals surface area contributed by atoms with Crippen LogP contribution in [0.3, 0.4) is 0 Å². The summed E-state index contributed by atoms with van der Waals surface area (Å²) in [6.07, 6.45) is 4.47. The predicted molar refractivity (Wildman–Crippen MR) is 64.5 cm³/mol. The smallest absolute Gasteiger partial charge is 0.176 e. The average Bonchev–Trinajstić information content (AvgIpc) is 2.95. The molecule has 1 N–H and O–H groups in total. The molecule has 1 fully saturated rings. The van der Waals surface area contributed by atoms with Crippen molar-refractivity contribution in [2.75, 3.05) is 12.5 Å². The molecule has 1 aromatic carbocycles. The maximum absolute atomic E-state index is 11.6. The fraction of sp³-hybridized carbons (Fsp3) is 0.455. The van der Waals surface area contributed by atoms with Gasteiger partial charge in [-0.05, 0) is 36.8 Å². The van der Waals surface area contributed by atoms with Crippen LogP contribution in [0, 0.1) is 0 Å². The van der Waals surface area contributed by atoms with Crippen LogP contribution < -0.4 is 0 Å². The molecule has 0 bridgehead atoms. The summed E-state index contributed by atoms with van der Waals surface area (Å²) in [5.74, 6) is 0. The maximum Gasteiger partial charge on any atom is 0.176 e. The Kier molecular flexibility index (Phi) is 2.80. The van der Waals surface area contributed by atoms with Gasteiger partial charge in [-0.1, -0.05) is 6.07 Å². The molecule has 2 rings (SSSR count). The first-order valence-electron chi connectivity index (χ1n) is 4.98. The Labute approximate surface area is 99.8 Å². The summed E-state index contributed by atoms with van der Waals surface area (Å²) in [4.78, 5) is 1.05. The first-order chi connectivity index (χ1) is 7.37. The zero-order valence-corrected chi connectivity index (χ0v) is 10.9. The summed E-state index contributed by atoms with van der Waals surface area (Å²) in [7, 11) is -3.23. The van der Waals surface area contributed by atoms with Crippen molar-refractivity contribution >= 4 is 21.6 Å². The Morgan fingerprint density at radius 2 is 2.00 bits per heavy atom. The fourth-order valence-electron chi connectivity index (χ4n) is 1.66. The molecule has 0 radical (unpaired) electrons. The number of rotatable bonds is 3. The molecule has 16 heavy (non-hydrogen) atoms. The molecule has 1 aliphatic rings. The van der Waals surface area contributed by atoms with Crippen LogP contribution in [0.25, 0.3) is 0 Å². The van der Waals surface area contributed by atoms with Gasteiger partial charge in [0.15, 0.2) is 9.84 Å². The summed E-state index contributed by atoms with van der Waals surface area (Å²) in [6.45, 7) is 0. The van der Waals surface area contributed by atoms with E-state index in [1.165, 1.54) is 18.0 Å². The third-order valence-electron chi connectivity index (χ3n) is 2.82. The lowest BCUT2D eigenvalue weighted by atomic mass is 10.1. The number of benzene rings is 1. The van der Waals surface area contributed by atoms with Crippen LogP contribution in [0.15, 0.2) is 28.0 Å². The van der Waals surface area contributed by atoms with Crippen LogP contribution in [0.5, 0.6) is 0 Å². The molecular weight excluding hydrogens is 244 g/mol. The molecule has 1 saturated carbocycles. The van der Waals surface area contributed by atoms with Crippen LogP contribution >= 0.6 is 11.8 Å². The van der Waals surface area contributed by atoms with E-state index in [2.05, 4.69) is 0 Å². The van der Waals surface area contributed by atoms with Crippen molar-refractivity contribution in [1.82, 2.24) is 0 Å². The second-order valence-corrected chi connectivity index (χ2v) is 7.00. The van der Waals surface area contributed by atoms with Crippen molar-refractivity contribution in [1.29, 1.82) is 0 Å². The van der Waals surface area contributed by atoms with Crippen molar-refractivity contribution in [2.45, 2.75) is 28.2 Å². The Bertz CT molecular complexity index is 516. The molecular formula is C11H14O3S2. The Morgan fingerprint density at radius 3 is 2.44 bits per heavy atom. The molecule has 0 aromatic heterocycles. The summed E-state index contributed by atoms with van der Waals surface area (Å²) >= 11 is 1.40. The average molecular weight is 258 g/mol. The minimum Gasteiger partial charge on any atom is -0.385 e. The van der Waals surface area contributed by atoms with Gasteiger partial charge in [-0.25, -0.2) is 8.42 Å². The van der Waals surface area contributed by atoms with Gasteiger partial charge in [0.05, 0.1) is 10.5 Å². The van der Waals surface area contributed by atoms with E-state index in [1.54, 1.807) is 12.1 Å². The molecule has 1 aliphatic carbocycles. The first kappa shape index (κ1) is 12.0. The van der Waals surface area contributed by atoms with E-state index in [1.807, 2.05) is 12.3 Å². The second-order valence-electron chi connectivity index (χ2n) is 4.17. The quantitative estimate of drug-likeness (QED) is 0.840. The normalized spacial score (nSPS) is 18.4. The van der Waals surface area contributed by atoms with Gasteiger partial charge < -0.3 is 5.11 Å². The van der Waals surface area contributed by atoms with Gasteiger partial charge in [0.1, 0.15) is 0 Å². The van der Waals surface area contributed by atoms with E-state index >= 15 is 0 Å². The lowest BCUT2D eigenvalue weighted by Gasteiger charge is -2.12. The zero-order chi connectivity index (χ0) is 12.0. The summed E-state index contributed by atoms with van der Waals surface area (Å²) in [5.41, 5.74) is -0.0677. The molecule has 88 valence electrons. The third-order valence-corrected chi connectivity index (χ3v) is 4.89. The number of hydrogen-bond donors (Lipinski definition) is 1. The van der Waals surface area contributed by atoms with Gasteiger partial charge in [-0.3, -0.25) is 0 Å². The number of sulfone groups is 1. The standard InChI is InChI=1S/C11H14O3S2/c1-15-9-4-3-8(11(12)5-6-11)7-10(9)16(2,13)14/h3-4,7,12H,5-6H2,1-2H3. The minimum atomic E-state index is -3.23. The van der Waals surface area contributed by atoms with E-state index in [0.717, 1.165) is 17.7 Å². The van der Waals surface area contributed by atoms with Crippen LogP contribution in [0.2, 0.25) is 0 Å². The van der Waals surface area contributed by atoms with Gasteiger partial charge in [0.25, 0.3) is 0 Å². The molecule has 3 nitrogen and oxygen atoms in total. The lowest BCUT2D eigenvalue weighted by Crippen LogP contribution is -2.07. The second kappa shape index (κ2) is 3.75. The monoisotopic (exact) mass is 258 g/mol. The highest BCUT2D eigenvalue weighted by Crippen LogP contribution is 2.46. The first-order valence-corrected chi connectivity index (χ1v) is 8.09. The molecule has 0 heterocycles. The van der Waals surface area contributed by atoms with E-state index in [4.69, 9.17) is 0 Å². The molecule has 0 spiro atoms. The highest BCUT2D eigenvalue weighted by Gasteiger charge is 2.42. The molecule has 5 heteroatoms. The minimum absolute atomic E-state index is 0.317. The summed E-state index contributed by atoms with van der Waals surface area (Å²) in [6, 6.07) is 5.19. The third kappa shape index (κ3) is 2.12. The summed E-state index contributed by atoms with van der Waals surface area (Å²) < 4.78 is 23.2. The molecule has 0 amide bonds. The van der Waals surface area contributed by atoms with Crippen molar-refractivity contribution < 1.29 is 13.5 Å². The molecule has 0 unspecified atom stereocenters. The highest BCUT2D eigenvalue weighted by molar-refractivity contribution is 7.99. The number of hydrogen-bond acceptors (Lipinski definition) is 4. The Morgan fingerprint density at radius 1 is 1.38 bits per heavy atom. The fourth-order valence-corrected chi connectivity index (χ4v) is 3.61. The molecule has 1 aromatic rings. The summed E-state index contributed by atoms with van der Waals surface area (Å²) in [5, 5.41) is 9.95. The Balaban J connectivity index is 2.56. The van der Waals surface area contributed by atoms with Crippen LogP contribution in [-0.4, -0.2) is 26.0 Å². The SMILES string of the molecule is CSc1ccc(C2(O)CC2)cc1S(C)(=O)=O. The zero-order valence-electron chi connectivity index (χ0n) is 9.23. The van der Waals surface area contributed by atoms with Gasteiger partial charge in [0.2, 0.25) is 0 Å². The van der Waals surface area contributed by atoms with E-state index in [-0.39, 0.29) is 0 Å². The number of thioether (sulfide) groups is 1. The van der Waals surface area contributed by atoms with Gasteiger partial charge in [0, 0.05) is 11.2 Å². The van der Waals surface area contributed by atoms with Gasteiger partial charge in [-0.15, -0.1) is 11.8 Å². The topological polar surface area (TPSA) is 54.4 Å². The molecule has 0 saturated heterocycles. The van der Waals surface area contributed by atoms with E-state index < -0.39 is 15.4 Å².